The fraction of sp³-hybridized carbons (Fsp3) is 0.167. The number of thiazole rings is 1. The molecule has 6 nitrogen and oxygen atoms in total. The summed E-state index contributed by atoms with van der Waals surface area (Å²) in [6.07, 6.45) is 0. The molecule has 20 heavy (non-hydrogen) atoms. The van der Waals surface area contributed by atoms with Crippen molar-refractivity contribution in [1.29, 1.82) is 0 Å². The predicted octanol–water partition coefficient (Wildman–Crippen LogP) is 1.41. The van der Waals surface area contributed by atoms with E-state index < -0.39 is 10.0 Å². The topological polar surface area (TPSA) is 102 Å². The van der Waals surface area contributed by atoms with Crippen LogP contribution in [0.5, 0.6) is 0 Å². The van der Waals surface area contributed by atoms with Crippen LogP contribution in [0.15, 0.2) is 34.5 Å². The zero-order valence-electron chi connectivity index (χ0n) is 10.7. The first-order chi connectivity index (χ1) is 9.38. The highest BCUT2D eigenvalue weighted by molar-refractivity contribution is 7.89. The lowest BCUT2D eigenvalue weighted by molar-refractivity contribution is 0.101. The molecule has 0 spiro atoms. The second-order valence-corrected chi connectivity index (χ2v) is 6.74. The van der Waals surface area contributed by atoms with E-state index in [0.29, 0.717) is 16.4 Å². The van der Waals surface area contributed by atoms with Gasteiger partial charge in [-0.1, -0.05) is 12.1 Å². The molecule has 2 aromatic rings. The number of rotatable bonds is 5. The molecule has 0 radical (unpaired) electrons. The summed E-state index contributed by atoms with van der Waals surface area (Å²) in [4.78, 5) is 15.2. The van der Waals surface area contributed by atoms with Gasteiger partial charge in [-0.25, -0.2) is 18.1 Å². The molecular weight excluding hydrogens is 298 g/mol. The van der Waals surface area contributed by atoms with Gasteiger partial charge in [-0.15, -0.1) is 11.3 Å². The zero-order valence-corrected chi connectivity index (χ0v) is 12.3. The maximum absolute atomic E-state index is 12.0. The minimum Gasteiger partial charge on any atom is -0.375 e. The Kier molecular flexibility index (Phi) is 4.17. The second kappa shape index (κ2) is 5.70. The van der Waals surface area contributed by atoms with E-state index in [0.717, 1.165) is 0 Å². The van der Waals surface area contributed by atoms with E-state index in [9.17, 15) is 13.2 Å². The highest BCUT2D eigenvalue weighted by Gasteiger charge is 2.14. The summed E-state index contributed by atoms with van der Waals surface area (Å²) >= 11 is 1.25. The lowest BCUT2D eigenvalue weighted by Gasteiger charge is -2.05. The maximum Gasteiger partial charge on any atom is 0.240 e. The minimum absolute atomic E-state index is 0.0739. The molecule has 0 saturated heterocycles. The molecule has 0 aliphatic carbocycles. The van der Waals surface area contributed by atoms with Crippen molar-refractivity contribution in [3.8, 4) is 0 Å². The van der Waals surface area contributed by atoms with E-state index in [1.54, 1.807) is 5.38 Å². The number of hydrogen-bond donors (Lipinski definition) is 2. The first-order valence-corrected chi connectivity index (χ1v) is 8.05. The van der Waals surface area contributed by atoms with Gasteiger partial charge in [0.25, 0.3) is 0 Å². The average molecular weight is 311 g/mol. The number of hydrogen-bond acceptors (Lipinski definition) is 6. The van der Waals surface area contributed by atoms with E-state index in [2.05, 4.69) is 9.71 Å². The molecule has 0 atom stereocenters. The van der Waals surface area contributed by atoms with Gasteiger partial charge in [0.15, 0.2) is 10.9 Å². The van der Waals surface area contributed by atoms with Crippen molar-refractivity contribution in [3.63, 3.8) is 0 Å². The number of aromatic nitrogens is 1. The highest BCUT2D eigenvalue weighted by Crippen LogP contribution is 2.14. The summed E-state index contributed by atoms with van der Waals surface area (Å²) in [5, 5.41) is 2.08. The van der Waals surface area contributed by atoms with Crippen molar-refractivity contribution in [2.75, 3.05) is 5.73 Å². The number of nitrogen functional groups attached to an aromatic ring is 1. The molecule has 8 heteroatoms. The number of ketones is 1. The van der Waals surface area contributed by atoms with Crippen molar-refractivity contribution in [2.45, 2.75) is 18.4 Å². The first kappa shape index (κ1) is 14.6. The lowest BCUT2D eigenvalue weighted by Crippen LogP contribution is -2.23. The van der Waals surface area contributed by atoms with E-state index in [1.165, 1.54) is 42.5 Å². The number of nitrogens with zero attached hydrogens (tertiary/aromatic N) is 1. The Morgan fingerprint density at radius 2 is 2.00 bits per heavy atom. The average Bonchev–Trinajstić information content (AvgIpc) is 2.82. The smallest absolute Gasteiger partial charge is 0.240 e. The second-order valence-electron chi connectivity index (χ2n) is 4.08. The Bertz CT molecular complexity index is 721. The van der Waals surface area contributed by atoms with Crippen LogP contribution in [0.2, 0.25) is 0 Å². The van der Waals surface area contributed by atoms with Gasteiger partial charge < -0.3 is 5.73 Å². The van der Waals surface area contributed by atoms with Gasteiger partial charge in [0.1, 0.15) is 0 Å². The monoisotopic (exact) mass is 311 g/mol. The SMILES string of the molecule is CC(=O)c1ccc(S(=O)(=O)NCc2csc(N)n2)cc1. The quantitative estimate of drug-likeness (QED) is 0.813. The van der Waals surface area contributed by atoms with Crippen molar-refractivity contribution in [2.24, 2.45) is 0 Å². The molecule has 0 amide bonds. The van der Waals surface area contributed by atoms with Gasteiger partial charge in [-0.3, -0.25) is 4.79 Å². The maximum atomic E-state index is 12.0. The molecule has 1 heterocycles. The van der Waals surface area contributed by atoms with Crippen LogP contribution in [0.1, 0.15) is 23.0 Å². The third-order valence-electron chi connectivity index (χ3n) is 2.58. The molecule has 0 unspecified atom stereocenters. The molecule has 0 bridgehead atoms. The number of sulfonamides is 1. The van der Waals surface area contributed by atoms with Crippen molar-refractivity contribution < 1.29 is 13.2 Å². The Morgan fingerprint density at radius 1 is 1.35 bits per heavy atom. The van der Waals surface area contributed by atoms with Gasteiger partial charge >= 0.3 is 0 Å². The summed E-state index contributed by atoms with van der Waals surface area (Å²) in [6.45, 7) is 1.50. The number of Topliss-reactive ketones (excluding diaryl/α,β-unsaturated/α-hetero) is 1. The predicted molar refractivity (Wildman–Crippen MR) is 77.0 cm³/mol. The minimum atomic E-state index is -3.63. The van der Waals surface area contributed by atoms with Crippen LogP contribution in [-0.2, 0) is 16.6 Å². The van der Waals surface area contributed by atoms with Crippen molar-refractivity contribution in [3.05, 3.63) is 40.9 Å². The Balaban J connectivity index is 2.11. The summed E-state index contributed by atoms with van der Waals surface area (Å²) < 4.78 is 26.5. The fourth-order valence-electron chi connectivity index (χ4n) is 1.52. The molecule has 1 aromatic carbocycles. The molecule has 2 rings (SSSR count). The molecule has 106 valence electrons. The van der Waals surface area contributed by atoms with Gasteiger partial charge in [0, 0.05) is 10.9 Å². The van der Waals surface area contributed by atoms with E-state index in [-0.39, 0.29) is 17.2 Å². The van der Waals surface area contributed by atoms with Gasteiger partial charge in [0.2, 0.25) is 10.0 Å². The molecule has 0 fully saturated rings. The Morgan fingerprint density at radius 3 is 2.50 bits per heavy atom. The highest BCUT2D eigenvalue weighted by atomic mass is 32.2. The van der Waals surface area contributed by atoms with Crippen LogP contribution in [0, 0.1) is 0 Å². The summed E-state index contributed by atoms with van der Waals surface area (Å²) in [5.41, 5.74) is 6.51. The number of anilines is 1. The van der Waals surface area contributed by atoms with E-state index in [1.807, 2.05) is 0 Å². The zero-order chi connectivity index (χ0) is 14.8. The van der Waals surface area contributed by atoms with Gasteiger partial charge in [-0.05, 0) is 19.1 Å². The van der Waals surface area contributed by atoms with Crippen LogP contribution in [0.4, 0.5) is 5.13 Å². The number of carbonyl (C=O) groups excluding carboxylic acids is 1. The van der Waals surface area contributed by atoms with Gasteiger partial charge in [0.05, 0.1) is 17.1 Å². The van der Waals surface area contributed by atoms with Crippen LogP contribution in [0.25, 0.3) is 0 Å². The van der Waals surface area contributed by atoms with Crippen molar-refractivity contribution in [1.82, 2.24) is 9.71 Å². The number of nitrogens with one attached hydrogen (secondary N) is 1. The molecule has 3 N–H and O–H groups in total. The van der Waals surface area contributed by atoms with Crippen molar-refractivity contribution >= 4 is 32.3 Å². The van der Waals surface area contributed by atoms with Crippen LogP contribution in [-0.4, -0.2) is 19.2 Å². The molecule has 0 aliphatic heterocycles. The number of nitrogens with two attached hydrogens (primary N) is 1. The summed E-state index contributed by atoms with van der Waals surface area (Å²) in [5.74, 6) is -0.111. The van der Waals surface area contributed by atoms with E-state index >= 15 is 0 Å². The van der Waals surface area contributed by atoms with Crippen LogP contribution >= 0.6 is 11.3 Å². The Hall–Kier alpha value is -1.77. The van der Waals surface area contributed by atoms with Crippen LogP contribution < -0.4 is 10.5 Å². The molecule has 1 aromatic heterocycles. The molecule has 0 saturated carbocycles. The third kappa shape index (κ3) is 3.41. The normalized spacial score (nSPS) is 11.4. The number of carbonyl (C=O) groups is 1. The lowest BCUT2D eigenvalue weighted by atomic mass is 10.2. The standard InChI is InChI=1S/C12H13N3O3S2/c1-8(16)9-2-4-11(5-3-9)20(17,18)14-6-10-7-19-12(13)15-10/h2-5,7,14H,6H2,1H3,(H2,13,15). The summed E-state index contributed by atoms with van der Waals surface area (Å²) in [6, 6.07) is 5.76. The van der Waals surface area contributed by atoms with Crippen LogP contribution in [0.3, 0.4) is 0 Å². The Labute approximate surface area is 120 Å². The van der Waals surface area contributed by atoms with E-state index in [4.69, 9.17) is 5.73 Å². The molecular formula is C12H13N3O3S2. The summed E-state index contributed by atoms with van der Waals surface area (Å²) in [7, 11) is -3.63. The number of benzene rings is 1. The van der Waals surface area contributed by atoms with Gasteiger partial charge in [-0.2, -0.15) is 0 Å². The largest absolute Gasteiger partial charge is 0.375 e. The third-order valence-corrected chi connectivity index (χ3v) is 4.72. The fourth-order valence-corrected chi connectivity index (χ4v) is 3.09. The first-order valence-electron chi connectivity index (χ1n) is 5.69. The molecule has 0 aliphatic rings.